The van der Waals surface area contributed by atoms with Gasteiger partial charge in [-0.25, -0.2) is 0 Å². The maximum atomic E-state index is 13.1. The Balaban J connectivity index is 1.37. The van der Waals surface area contributed by atoms with E-state index in [4.69, 9.17) is 10.5 Å². The normalized spacial score (nSPS) is 15.0. The molecule has 9 heteroatoms. The van der Waals surface area contributed by atoms with Crippen LogP contribution in [0.3, 0.4) is 0 Å². The molecule has 0 aliphatic carbocycles. The molecule has 2 atom stereocenters. The van der Waals surface area contributed by atoms with Crippen LogP contribution in [-0.2, 0) is 22.4 Å². The molecular formula is C31H34N4O5. The van der Waals surface area contributed by atoms with Crippen molar-refractivity contribution in [3.8, 4) is 0 Å². The molecule has 3 aromatic carbocycles. The van der Waals surface area contributed by atoms with Gasteiger partial charge < -0.3 is 20.7 Å². The number of benzene rings is 3. The number of aryl methyl sites for hydroxylation is 1. The number of nitrogens with two attached hydrogens (primary N) is 1. The highest BCUT2D eigenvalue weighted by molar-refractivity contribution is 5.94. The van der Waals surface area contributed by atoms with E-state index in [1.165, 1.54) is 12.1 Å². The fourth-order valence-corrected chi connectivity index (χ4v) is 4.49. The number of ether oxygens (including phenoxy) is 1. The summed E-state index contributed by atoms with van der Waals surface area (Å²) in [5.74, 6) is -0.308. The zero-order valence-electron chi connectivity index (χ0n) is 22.3. The molecule has 1 unspecified atom stereocenters. The lowest BCUT2D eigenvalue weighted by molar-refractivity contribution is -0.384. The first-order valence-electron chi connectivity index (χ1n) is 13.4. The van der Waals surface area contributed by atoms with Crippen LogP contribution >= 0.6 is 0 Å². The number of hydrogen-bond acceptors (Lipinski definition) is 6. The van der Waals surface area contributed by atoms with E-state index in [9.17, 15) is 19.7 Å². The van der Waals surface area contributed by atoms with Gasteiger partial charge in [-0.1, -0.05) is 54.6 Å². The largest absolute Gasteiger partial charge is 0.378 e. The molecule has 0 saturated carbocycles. The van der Waals surface area contributed by atoms with Gasteiger partial charge in [0.25, 0.3) is 11.6 Å². The third kappa shape index (κ3) is 8.33. The van der Waals surface area contributed by atoms with E-state index < -0.39 is 11.0 Å². The summed E-state index contributed by atoms with van der Waals surface area (Å²) in [4.78, 5) is 38.0. The van der Waals surface area contributed by atoms with Crippen molar-refractivity contribution in [2.75, 3.05) is 26.3 Å². The SMILES string of the molecule is N[C@@H](Cc1ccc(C(=O)N2CCOCC2)cc1)C(=O)NC(C=Cc1ccc([N+](=O)[O-])cc1)CCc1ccccc1. The van der Waals surface area contributed by atoms with E-state index in [1.807, 2.05) is 54.6 Å². The zero-order chi connectivity index (χ0) is 28.3. The molecule has 1 aliphatic heterocycles. The number of carbonyl (C=O) groups is 2. The van der Waals surface area contributed by atoms with Crippen molar-refractivity contribution < 1.29 is 19.2 Å². The number of nitro benzene ring substituents is 1. The highest BCUT2D eigenvalue weighted by Gasteiger charge is 2.20. The number of rotatable bonds is 11. The average molecular weight is 543 g/mol. The van der Waals surface area contributed by atoms with E-state index in [2.05, 4.69) is 5.32 Å². The Bertz CT molecular complexity index is 1300. The smallest absolute Gasteiger partial charge is 0.269 e. The van der Waals surface area contributed by atoms with Gasteiger partial charge in [0.2, 0.25) is 5.91 Å². The van der Waals surface area contributed by atoms with Gasteiger partial charge in [0.1, 0.15) is 0 Å². The summed E-state index contributed by atoms with van der Waals surface area (Å²) in [5, 5.41) is 14.0. The predicted octanol–water partition coefficient (Wildman–Crippen LogP) is 3.77. The van der Waals surface area contributed by atoms with Crippen LogP contribution in [0.15, 0.2) is 84.9 Å². The first-order chi connectivity index (χ1) is 19.4. The summed E-state index contributed by atoms with van der Waals surface area (Å²) < 4.78 is 5.31. The van der Waals surface area contributed by atoms with Crippen molar-refractivity contribution in [1.29, 1.82) is 0 Å². The summed E-state index contributed by atoms with van der Waals surface area (Å²) in [6, 6.07) is 22.4. The molecule has 2 amide bonds. The number of morpholine rings is 1. The standard InChI is InChI=1S/C31H34N4O5/c32-29(22-25-6-12-26(13-7-25)31(37)34-18-20-40-21-19-34)30(36)33-27(14-8-23-4-2-1-3-5-23)15-9-24-10-16-28(17-11-24)35(38)39/h1-7,9-13,15-17,27,29H,8,14,18-22,32H2,(H,33,36)/t27?,29-/m0/s1. The van der Waals surface area contributed by atoms with Crippen molar-refractivity contribution in [2.45, 2.75) is 31.3 Å². The Morgan fingerprint density at radius 1 is 0.975 bits per heavy atom. The lowest BCUT2D eigenvalue weighted by atomic mass is 10.0. The first-order valence-corrected chi connectivity index (χ1v) is 13.4. The van der Waals surface area contributed by atoms with Crippen LogP contribution in [0.4, 0.5) is 5.69 Å². The molecule has 0 spiro atoms. The summed E-state index contributed by atoms with van der Waals surface area (Å²) in [7, 11) is 0. The summed E-state index contributed by atoms with van der Waals surface area (Å²) in [5.41, 5.74) is 9.72. The molecule has 4 rings (SSSR count). The zero-order valence-corrected chi connectivity index (χ0v) is 22.3. The second-order valence-corrected chi connectivity index (χ2v) is 9.76. The Hall–Kier alpha value is -4.34. The van der Waals surface area contributed by atoms with Crippen LogP contribution in [0.25, 0.3) is 6.08 Å². The fraction of sp³-hybridized carbons (Fsp3) is 0.290. The molecule has 1 aliphatic rings. The molecule has 0 radical (unpaired) electrons. The summed E-state index contributed by atoms with van der Waals surface area (Å²) in [6.45, 7) is 2.25. The Kier molecular flexibility index (Phi) is 10.1. The van der Waals surface area contributed by atoms with Crippen LogP contribution in [0.1, 0.15) is 33.5 Å². The minimum Gasteiger partial charge on any atom is -0.378 e. The molecular weight excluding hydrogens is 508 g/mol. The van der Waals surface area contributed by atoms with Gasteiger partial charge in [-0.2, -0.15) is 0 Å². The molecule has 1 heterocycles. The first kappa shape index (κ1) is 28.7. The van der Waals surface area contributed by atoms with Gasteiger partial charge in [0, 0.05) is 36.8 Å². The number of nitrogens with zero attached hydrogens (tertiary/aromatic N) is 2. The van der Waals surface area contributed by atoms with Gasteiger partial charge in [-0.3, -0.25) is 19.7 Å². The number of nitro groups is 1. The van der Waals surface area contributed by atoms with Gasteiger partial charge in [-0.15, -0.1) is 0 Å². The number of hydrogen-bond donors (Lipinski definition) is 2. The lowest BCUT2D eigenvalue weighted by Crippen LogP contribution is -2.46. The molecule has 3 N–H and O–H groups in total. The molecule has 0 aromatic heterocycles. The summed E-state index contributed by atoms with van der Waals surface area (Å²) in [6.07, 6.45) is 5.47. The van der Waals surface area contributed by atoms with E-state index >= 15 is 0 Å². The maximum Gasteiger partial charge on any atom is 0.269 e. The molecule has 0 bridgehead atoms. The van der Waals surface area contributed by atoms with Crippen molar-refractivity contribution in [2.24, 2.45) is 5.73 Å². The van der Waals surface area contributed by atoms with Crippen molar-refractivity contribution in [3.05, 3.63) is 117 Å². The van der Waals surface area contributed by atoms with E-state index in [0.717, 1.165) is 23.1 Å². The van der Waals surface area contributed by atoms with Crippen molar-refractivity contribution in [3.63, 3.8) is 0 Å². The molecule has 40 heavy (non-hydrogen) atoms. The highest BCUT2D eigenvalue weighted by atomic mass is 16.6. The number of amides is 2. The van der Waals surface area contributed by atoms with E-state index in [-0.39, 0.29) is 23.5 Å². The van der Waals surface area contributed by atoms with Crippen molar-refractivity contribution >= 4 is 23.6 Å². The number of carbonyl (C=O) groups excluding carboxylic acids is 2. The fourth-order valence-electron chi connectivity index (χ4n) is 4.49. The van der Waals surface area contributed by atoms with Crippen LogP contribution in [-0.4, -0.2) is 60.0 Å². The van der Waals surface area contributed by atoms with Gasteiger partial charge in [-0.05, 0) is 60.2 Å². The maximum absolute atomic E-state index is 13.1. The number of nitrogens with one attached hydrogen (secondary N) is 1. The molecule has 208 valence electrons. The predicted molar refractivity (Wildman–Crippen MR) is 154 cm³/mol. The Morgan fingerprint density at radius 2 is 1.65 bits per heavy atom. The van der Waals surface area contributed by atoms with Gasteiger partial charge in [0.15, 0.2) is 0 Å². The minimum absolute atomic E-state index is 0.0237. The van der Waals surface area contributed by atoms with E-state index in [0.29, 0.717) is 44.7 Å². The van der Waals surface area contributed by atoms with Gasteiger partial charge in [0.05, 0.1) is 24.2 Å². The van der Waals surface area contributed by atoms with Crippen LogP contribution in [0.5, 0.6) is 0 Å². The van der Waals surface area contributed by atoms with Gasteiger partial charge >= 0.3 is 0 Å². The molecule has 1 fully saturated rings. The minimum atomic E-state index is -0.771. The lowest BCUT2D eigenvalue weighted by Gasteiger charge is -2.26. The average Bonchev–Trinajstić information content (AvgIpc) is 2.99. The topological polar surface area (TPSA) is 128 Å². The second kappa shape index (κ2) is 14.2. The molecule has 3 aromatic rings. The Morgan fingerprint density at radius 3 is 2.30 bits per heavy atom. The van der Waals surface area contributed by atoms with E-state index in [1.54, 1.807) is 29.2 Å². The van der Waals surface area contributed by atoms with Crippen LogP contribution in [0.2, 0.25) is 0 Å². The highest BCUT2D eigenvalue weighted by Crippen LogP contribution is 2.15. The van der Waals surface area contributed by atoms with Crippen molar-refractivity contribution in [1.82, 2.24) is 10.2 Å². The Labute approximate surface area is 233 Å². The molecule has 1 saturated heterocycles. The van der Waals surface area contributed by atoms with Crippen LogP contribution < -0.4 is 11.1 Å². The third-order valence-electron chi connectivity index (χ3n) is 6.83. The monoisotopic (exact) mass is 542 g/mol. The second-order valence-electron chi connectivity index (χ2n) is 9.76. The third-order valence-corrected chi connectivity index (χ3v) is 6.83. The summed E-state index contributed by atoms with van der Waals surface area (Å²) >= 11 is 0. The molecule has 9 nitrogen and oxygen atoms in total. The van der Waals surface area contributed by atoms with Crippen LogP contribution in [0, 0.1) is 10.1 Å². The number of non-ortho nitro benzene ring substituents is 1. The quantitative estimate of drug-likeness (QED) is 0.280.